The number of hydrogen-bond acceptors (Lipinski definition) is 4. The first kappa shape index (κ1) is 12.8. The van der Waals surface area contributed by atoms with Crippen LogP contribution in [0.3, 0.4) is 0 Å². The van der Waals surface area contributed by atoms with Gasteiger partial charge in [0.1, 0.15) is 11.5 Å². The normalized spacial score (nSPS) is 23.8. The second-order valence-corrected chi connectivity index (χ2v) is 5.03. The van der Waals surface area contributed by atoms with Crippen molar-refractivity contribution in [2.75, 3.05) is 25.5 Å². The maximum atomic E-state index is 12.3. The summed E-state index contributed by atoms with van der Waals surface area (Å²) in [5, 5.41) is 2.90. The van der Waals surface area contributed by atoms with Crippen molar-refractivity contribution in [3.05, 3.63) is 18.1 Å². The minimum Gasteiger partial charge on any atom is -0.372 e. The summed E-state index contributed by atoms with van der Waals surface area (Å²) >= 11 is 0. The number of piperidine rings is 1. The summed E-state index contributed by atoms with van der Waals surface area (Å²) in [6.07, 6.45) is 4.20. The van der Waals surface area contributed by atoms with E-state index in [0.717, 1.165) is 19.5 Å². The van der Waals surface area contributed by atoms with E-state index in [9.17, 15) is 4.79 Å². The Kier molecular flexibility index (Phi) is 3.79. The van der Waals surface area contributed by atoms with Gasteiger partial charge in [0.05, 0.1) is 12.4 Å². The number of carbonyl (C=O) groups excluding carboxylic acids is 1. The lowest BCUT2D eigenvalue weighted by molar-refractivity contribution is 0.0621. The monoisotopic (exact) mass is 248 g/mol. The van der Waals surface area contributed by atoms with Crippen molar-refractivity contribution in [3.8, 4) is 0 Å². The molecule has 1 aromatic rings. The van der Waals surface area contributed by atoms with Crippen molar-refractivity contribution >= 4 is 11.7 Å². The van der Waals surface area contributed by atoms with Crippen LogP contribution >= 0.6 is 0 Å². The molecule has 0 aliphatic carbocycles. The molecule has 98 valence electrons. The van der Waals surface area contributed by atoms with Crippen LogP contribution in [0, 0.1) is 11.8 Å². The Morgan fingerprint density at radius 3 is 2.83 bits per heavy atom. The summed E-state index contributed by atoms with van der Waals surface area (Å²) in [5.41, 5.74) is 0.420. The zero-order valence-corrected chi connectivity index (χ0v) is 11.2. The first-order valence-electron chi connectivity index (χ1n) is 6.41. The van der Waals surface area contributed by atoms with Gasteiger partial charge in [-0.1, -0.05) is 13.8 Å². The van der Waals surface area contributed by atoms with E-state index in [2.05, 4.69) is 29.1 Å². The molecule has 5 nitrogen and oxygen atoms in total. The molecule has 2 rings (SSSR count). The third-order valence-corrected chi connectivity index (χ3v) is 3.73. The van der Waals surface area contributed by atoms with E-state index >= 15 is 0 Å². The number of rotatable bonds is 2. The lowest BCUT2D eigenvalue weighted by atomic mass is 9.88. The van der Waals surface area contributed by atoms with Crippen LogP contribution in [0.25, 0.3) is 0 Å². The predicted molar refractivity (Wildman–Crippen MR) is 70.4 cm³/mol. The summed E-state index contributed by atoms with van der Waals surface area (Å²) in [6.45, 7) is 6.06. The van der Waals surface area contributed by atoms with E-state index in [1.54, 1.807) is 13.2 Å². The zero-order valence-electron chi connectivity index (χ0n) is 11.2. The topological polar surface area (TPSA) is 58.1 Å². The van der Waals surface area contributed by atoms with Crippen LogP contribution in [0.15, 0.2) is 12.4 Å². The molecular formula is C13H20N4O. The summed E-state index contributed by atoms with van der Waals surface area (Å²) < 4.78 is 0. The molecule has 1 fully saturated rings. The van der Waals surface area contributed by atoms with Crippen molar-refractivity contribution in [1.82, 2.24) is 14.9 Å². The number of anilines is 1. The third kappa shape index (κ3) is 2.60. The molecule has 5 heteroatoms. The van der Waals surface area contributed by atoms with Gasteiger partial charge in [-0.05, 0) is 18.3 Å². The fraction of sp³-hybridized carbons (Fsp3) is 0.615. The molecule has 1 N–H and O–H groups in total. The Morgan fingerprint density at radius 1 is 1.39 bits per heavy atom. The number of carbonyl (C=O) groups is 1. The van der Waals surface area contributed by atoms with Gasteiger partial charge in [0.2, 0.25) is 0 Å². The lowest BCUT2D eigenvalue weighted by Gasteiger charge is -2.35. The number of nitrogens with zero attached hydrogens (tertiary/aromatic N) is 3. The van der Waals surface area contributed by atoms with Crippen molar-refractivity contribution in [2.45, 2.75) is 20.3 Å². The quantitative estimate of drug-likeness (QED) is 0.864. The predicted octanol–water partition coefficient (Wildman–Crippen LogP) is 1.64. The maximum absolute atomic E-state index is 12.3. The Bertz CT molecular complexity index is 435. The average molecular weight is 248 g/mol. The molecule has 0 saturated carbocycles. The van der Waals surface area contributed by atoms with Crippen LogP contribution in [-0.4, -0.2) is 40.9 Å². The summed E-state index contributed by atoms with van der Waals surface area (Å²) in [7, 11) is 1.77. The molecular weight excluding hydrogens is 228 g/mol. The van der Waals surface area contributed by atoms with Crippen molar-refractivity contribution in [2.24, 2.45) is 11.8 Å². The molecule has 0 spiro atoms. The highest BCUT2D eigenvalue weighted by Gasteiger charge is 2.27. The average Bonchev–Trinajstić information content (AvgIpc) is 2.41. The molecule has 0 bridgehead atoms. The maximum Gasteiger partial charge on any atom is 0.274 e. The van der Waals surface area contributed by atoms with E-state index in [0.29, 0.717) is 23.3 Å². The van der Waals surface area contributed by atoms with Crippen LogP contribution < -0.4 is 5.32 Å². The second-order valence-electron chi connectivity index (χ2n) is 5.03. The molecule has 2 unspecified atom stereocenters. The lowest BCUT2D eigenvalue weighted by Crippen LogP contribution is -2.42. The zero-order chi connectivity index (χ0) is 13.1. The fourth-order valence-electron chi connectivity index (χ4n) is 2.20. The van der Waals surface area contributed by atoms with Gasteiger partial charge < -0.3 is 10.2 Å². The van der Waals surface area contributed by atoms with E-state index in [1.165, 1.54) is 6.20 Å². The van der Waals surface area contributed by atoms with E-state index in [4.69, 9.17) is 0 Å². The van der Waals surface area contributed by atoms with E-state index in [-0.39, 0.29) is 5.91 Å². The van der Waals surface area contributed by atoms with Crippen LogP contribution in [0.4, 0.5) is 5.82 Å². The van der Waals surface area contributed by atoms with Gasteiger partial charge in [-0.3, -0.25) is 9.78 Å². The molecule has 0 radical (unpaired) electrons. The highest BCUT2D eigenvalue weighted by molar-refractivity contribution is 5.92. The van der Waals surface area contributed by atoms with Gasteiger partial charge in [-0.15, -0.1) is 0 Å². The third-order valence-electron chi connectivity index (χ3n) is 3.73. The smallest absolute Gasteiger partial charge is 0.274 e. The van der Waals surface area contributed by atoms with Gasteiger partial charge >= 0.3 is 0 Å². The van der Waals surface area contributed by atoms with Gasteiger partial charge in [0.15, 0.2) is 0 Å². The number of amides is 1. The minimum atomic E-state index is -0.0154. The van der Waals surface area contributed by atoms with Gasteiger partial charge in [-0.25, -0.2) is 4.98 Å². The summed E-state index contributed by atoms with van der Waals surface area (Å²) in [6, 6.07) is 0. The molecule has 0 aromatic carbocycles. The second kappa shape index (κ2) is 5.33. The molecule has 2 heterocycles. The summed E-state index contributed by atoms with van der Waals surface area (Å²) in [5.74, 6) is 1.84. The Hall–Kier alpha value is -1.65. The van der Waals surface area contributed by atoms with Crippen LogP contribution in [0.5, 0.6) is 0 Å². The van der Waals surface area contributed by atoms with E-state index < -0.39 is 0 Å². The van der Waals surface area contributed by atoms with Gasteiger partial charge in [-0.2, -0.15) is 0 Å². The number of aromatic nitrogens is 2. The first-order chi connectivity index (χ1) is 8.61. The van der Waals surface area contributed by atoms with Crippen molar-refractivity contribution < 1.29 is 4.79 Å². The summed E-state index contributed by atoms with van der Waals surface area (Å²) in [4.78, 5) is 22.5. The molecule has 2 atom stereocenters. The van der Waals surface area contributed by atoms with Gasteiger partial charge in [0.25, 0.3) is 5.91 Å². The van der Waals surface area contributed by atoms with Gasteiger partial charge in [0, 0.05) is 20.1 Å². The van der Waals surface area contributed by atoms with Crippen LogP contribution in [0.1, 0.15) is 30.8 Å². The van der Waals surface area contributed by atoms with E-state index in [1.807, 2.05) is 4.90 Å². The SMILES string of the molecule is CNc1cncc(C(=O)N2CCC(C)C(C)C2)n1. The minimum absolute atomic E-state index is 0.0154. The molecule has 1 aliphatic rings. The highest BCUT2D eigenvalue weighted by atomic mass is 16.2. The van der Waals surface area contributed by atoms with Crippen LogP contribution in [0.2, 0.25) is 0 Å². The molecule has 1 aromatic heterocycles. The van der Waals surface area contributed by atoms with Crippen molar-refractivity contribution in [1.29, 1.82) is 0 Å². The Balaban J connectivity index is 2.11. The number of hydrogen-bond donors (Lipinski definition) is 1. The van der Waals surface area contributed by atoms with Crippen molar-refractivity contribution in [3.63, 3.8) is 0 Å². The highest BCUT2D eigenvalue weighted by Crippen LogP contribution is 2.23. The number of likely N-dealkylation sites (tertiary alicyclic amines) is 1. The van der Waals surface area contributed by atoms with Crippen LogP contribution in [-0.2, 0) is 0 Å². The standard InChI is InChI=1S/C13H20N4O/c1-9-4-5-17(8-10(9)2)13(18)11-6-15-7-12(14-3)16-11/h6-7,9-10H,4-5,8H2,1-3H3,(H,14,16). The largest absolute Gasteiger partial charge is 0.372 e. The first-order valence-corrected chi connectivity index (χ1v) is 6.41. The number of nitrogens with one attached hydrogen (secondary N) is 1. The molecule has 1 saturated heterocycles. The Morgan fingerprint density at radius 2 is 2.17 bits per heavy atom. The molecule has 18 heavy (non-hydrogen) atoms. The molecule has 1 aliphatic heterocycles. The fourth-order valence-corrected chi connectivity index (χ4v) is 2.20. The molecule has 1 amide bonds. The Labute approximate surface area is 108 Å².